The Labute approximate surface area is 79.7 Å². The van der Waals surface area contributed by atoms with Gasteiger partial charge in [-0.3, -0.25) is 4.55 Å². The third-order valence-electron chi connectivity index (χ3n) is 1.13. The summed E-state index contributed by atoms with van der Waals surface area (Å²) in [4.78, 5) is -0.409. The predicted octanol–water partition coefficient (Wildman–Crippen LogP) is 2.04. The van der Waals surface area contributed by atoms with Crippen molar-refractivity contribution in [2.24, 2.45) is 0 Å². The molecule has 1 aromatic carbocycles. The second kappa shape index (κ2) is 3.22. The summed E-state index contributed by atoms with van der Waals surface area (Å²) in [6.45, 7) is 0. The molecule has 0 aliphatic heterocycles. The van der Waals surface area contributed by atoms with Gasteiger partial charge in [0.1, 0.15) is 4.90 Å². The summed E-state index contributed by atoms with van der Waals surface area (Å²) in [5.41, 5.74) is 0. The first kappa shape index (κ1) is 9.80. The van der Waals surface area contributed by atoms with E-state index in [4.69, 9.17) is 27.8 Å². The lowest BCUT2D eigenvalue weighted by molar-refractivity contribution is 0.483. The van der Waals surface area contributed by atoms with Gasteiger partial charge >= 0.3 is 0 Å². The number of benzene rings is 1. The molecule has 0 fully saturated rings. The van der Waals surface area contributed by atoms with E-state index in [-0.39, 0.29) is 10.0 Å². The number of hydrogen-bond donors (Lipinski definition) is 1. The average Bonchev–Trinajstić information content (AvgIpc) is 1.92. The molecule has 12 heavy (non-hydrogen) atoms. The van der Waals surface area contributed by atoms with Crippen LogP contribution in [0.1, 0.15) is 0 Å². The van der Waals surface area contributed by atoms with Crippen molar-refractivity contribution in [1.82, 2.24) is 0 Å². The van der Waals surface area contributed by atoms with Gasteiger partial charge in [0.05, 0.1) is 10.0 Å². The topological polar surface area (TPSA) is 54.4 Å². The smallest absolute Gasteiger partial charge is 0.282 e. The maximum Gasteiger partial charge on any atom is 0.296 e. The van der Waals surface area contributed by atoms with Gasteiger partial charge in [-0.1, -0.05) is 29.3 Å². The van der Waals surface area contributed by atoms with E-state index < -0.39 is 15.0 Å². The molecule has 3 nitrogen and oxygen atoms in total. The van der Waals surface area contributed by atoms with Crippen LogP contribution in [0.5, 0.6) is 0 Å². The van der Waals surface area contributed by atoms with Crippen LogP contribution in [0.2, 0.25) is 10.0 Å². The van der Waals surface area contributed by atoms with Crippen LogP contribution >= 0.6 is 23.2 Å². The standard InChI is InChI=1S/C6H3Cl2O3S/c7-4-2-1-3-5(6(4)8)12(9,10)11/h1,3H,(H,9,10,11). The van der Waals surface area contributed by atoms with Crippen molar-refractivity contribution in [2.75, 3.05) is 0 Å². The average molecular weight is 226 g/mol. The molecule has 0 spiro atoms. The number of rotatable bonds is 1. The fourth-order valence-electron chi connectivity index (χ4n) is 0.634. The van der Waals surface area contributed by atoms with Gasteiger partial charge in [0.2, 0.25) is 0 Å². The first-order valence-corrected chi connectivity index (χ1v) is 4.95. The Morgan fingerprint density at radius 3 is 2.42 bits per heavy atom. The zero-order valence-electron chi connectivity index (χ0n) is 5.58. The van der Waals surface area contributed by atoms with Crippen molar-refractivity contribution in [3.63, 3.8) is 0 Å². The van der Waals surface area contributed by atoms with Crippen LogP contribution in [0.15, 0.2) is 17.0 Å². The Morgan fingerprint density at radius 2 is 2.00 bits per heavy atom. The van der Waals surface area contributed by atoms with Gasteiger partial charge in [0.25, 0.3) is 10.1 Å². The third kappa shape index (κ3) is 1.90. The lowest BCUT2D eigenvalue weighted by atomic mass is 10.4. The fraction of sp³-hybridized carbons (Fsp3) is 0. The molecule has 0 saturated heterocycles. The highest BCUT2D eigenvalue weighted by atomic mass is 35.5. The van der Waals surface area contributed by atoms with Crippen LogP contribution in [-0.4, -0.2) is 13.0 Å². The van der Waals surface area contributed by atoms with Crippen LogP contribution in [-0.2, 0) is 10.1 Å². The summed E-state index contributed by atoms with van der Waals surface area (Å²) in [6, 6.07) is 4.85. The van der Waals surface area contributed by atoms with E-state index in [1.54, 1.807) is 0 Å². The van der Waals surface area contributed by atoms with E-state index in [9.17, 15) is 8.42 Å². The minimum atomic E-state index is -4.29. The Morgan fingerprint density at radius 1 is 1.42 bits per heavy atom. The first-order chi connectivity index (χ1) is 5.43. The number of halogens is 2. The third-order valence-corrected chi connectivity index (χ3v) is 2.93. The molecular formula is C6H3Cl2O3S. The zero-order valence-corrected chi connectivity index (χ0v) is 7.91. The lowest BCUT2D eigenvalue weighted by Crippen LogP contribution is -1.98. The molecular weight excluding hydrogens is 223 g/mol. The van der Waals surface area contributed by atoms with Gasteiger partial charge in [0, 0.05) is 6.07 Å². The molecule has 1 radical (unpaired) electrons. The quantitative estimate of drug-likeness (QED) is 0.745. The van der Waals surface area contributed by atoms with Crippen molar-refractivity contribution in [2.45, 2.75) is 4.90 Å². The normalized spacial score (nSPS) is 11.6. The Hall–Kier alpha value is -0.290. The monoisotopic (exact) mass is 225 g/mol. The molecule has 0 aromatic heterocycles. The second-order valence-electron chi connectivity index (χ2n) is 1.94. The van der Waals surface area contributed by atoms with Crippen LogP contribution in [0, 0.1) is 6.07 Å². The maximum atomic E-state index is 10.6. The summed E-state index contributed by atoms with van der Waals surface area (Å²) >= 11 is 10.9. The summed E-state index contributed by atoms with van der Waals surface area (Å²) in [7, 11) is -4.29. The molecule has 0 aliphatic carbocycles. The van der Waals surface area contributed by atoms with Gasteiger partial charge in [-0.05, 0) is 6.07 Å². The highest BCUT2D eigenvalue weighted by Crippen LogP contribution is 2.27. The zero-order chi connectivity index (χ0) is 9.35. The van der Waals surface area contributed by atoms with Gasteiger partial charge in [-0.25, -0.2) is 0 Å². The SMILES string of the molecule is O=S(=O)(O)c1cc[c]c(Cl)c1Cl. The van der Waals surface area contributed by atoms with E-state index in [0.29, 0.717) is 0 Å². The Bertz CT molecular complexity index is 399. The summed E-state index contributed by atoms with van der Waals surface area (Å²) in [6.07, 6.45) is 0. The number of hydrogen-bond acceptors (Lipinski definition) is 2. The van der Waals surface area contributed by atoms with Crippen molar-refractivity contribution >= 4 is 33.3 Å². The summed E-state index contributed by atoms with van der Waals surface area (Å²) in [5.74, 6) is 0. The molecule has 0 aliphatic rings. The Balaban J connectivity index is 3.47. The largest absolute Gasteiger partial charge is 0.296 e. The van der Waals surface area contributed by atoms with Gasteiger partial charge in [-0.2, -0.15) is 8.42 Å². The minimum Gasteiger partial charge on any atom is -0.282 e. The summed E-state index contributed by atoms with van der Waals surface area (Å²) < 4.78 is 29.8. The van der Waals surface area contributed by atoms with Crippen LogP contribution < -0.4 is 0 Å². The van der Waals surface area contributed by atoms with E-state index in [1.807, 2.05) is 0 Å². The highest BCUT2D eigenvalue weighted by molar-refractivity contribution is 7.86. The molecule has 1 N–H and O–H groups in total. The molecule has 0 bridgehead atoms. The Kier molecular flexibility index (Phi) is 2.63. The second-order valence-corrected chi connectivity index (χ2v) is 4.09. The van der Waals surface area contributed by atoms with Crippen LogP contribution in [0.3, 0.4) is 0 Å². The first-order valence-electron chi connectivity index (χ1n) is 2.76. The molecule has 0 unspecified atom stereocenters. The molecule has 1 rings (SSSR count). The van der Waals surface area contributed by atoms with Crippen molar-refractivity contribution in [1.29, 1.82) is 0 Å². The van der Waals surface area contributed by atoms with Crippen molar-refractivity contribution in [3.8, 4) is 0 Å². The van der Waals surface area contributed by atoms with E-state index in [2.05, 4.69) is 6.07 Å². The van der Waals surface area contributed by atoms with Crippen molar-refractivity contribution in [3.05, 3.63) is 28.2 Å². The molecule has 6 heteroatoms. The van der Waals surface area contributed by atoms with Crippen molar-refractivity contribution < 1.29 is 13.0 Å². The molecule has 0 saturated carbocycles. The van der Waals surface area contributed by atoms with E-state index in [1.165, 1.54) is 6.07 Å². The van der Waals surface area contributed by atoms with E-state index >= 15 is 0 Å². The molecule has 65 valence electrons. The van der Waals surface area contributed by atoms with Gasteiger partial charge in [0.15, 0.2) is 0 Å². The molecule has 0 amide bonds. The lowest BCUT2D eigenvalue weighted by Gasteiger charge is -2.00. The predicted molar refractivity (Wildman–Crippen MR) is 45.1 cm³/mol. The molecule has 0 atom stereocenters. The minimum absolute atomic E-state index is 0.0354. The fourth-order valence-corrected chi connectivity index (χ4v) is 1.83. The maximum absolute atomic E-state index is 10.6. The van der Waals surface area contributed by atoms with E-state index in [0.717, 1.165) is 6.07 Å². The van der Waals surface area contributed by atoms with Crippen LogP contribution in [0.4, 0.5) is 0 Å². The highest BCUT2D eigenvalue weighted by Gasteiger charge is 2.15. The van der Waals surface area contributed by atoms with Crippen LogP contribution in [0.25, 0.3) is 0 Å². The van der Waals surface area contributed by atoms with Gasteiger partial charge < -0.3 is 0 Å². The molecule has 1 aromatic rings. The molecule has 0 heterocycles. The van der Waals surface area contributed by atoms with Gasteiger partial charge in [-0.15, -0.1) is 0 Å². The summed E-state index contributed by atoms with van der Waals surface area (Å²) in [5, 5.41) is -0.256.